The Kier molecular flexibility index (Phi) is 4.84. The lowest BCUT2D eigenvalue weighted by Gasteiger charge is -2.17. The summed E-state index contributed by atoms with van der Waals surface area (Å²) in [4.78, 5) is 21.5. The summed E-state index contributed by atoms with van der Waals surface area (Å²) in [5.74, 6) is 0.161. The zero-order chi connectivity index (χ0) is 14.5. The monoisotopic (exact) mass is 343 g/mol. The molecule has 0 unspecified atom stereocenters. The molecule has 6 nitrogen and oxygen atoms in total. The molecule has 0 aliphatic carbocycles. The first-order valence-corrected chi connectivity index (χ1v) is 6.91. The van der Waals surface area contributed by atoms with E-state index in [1.165, 1.54) is 0 Å². The lowest BCUT2D eigenvalue weighted by Crippen LogP contribution is -2.22. The quantitative estimate of drug-likeness (QED) is 0.797. The van der Waals surface area contributed by atoms with Crippen LogP contribution in [0.4, 0.5) is 0 Å². The Labute approximate surface area is 124 Å². The molecular weight excluding hydrogens is 330 g/mol. The summed E-state index contributed by atoms with van der Waals surface area (Å²) < 4.78 is 11.8. The number of amides is 1. The molecule has 108 valence electrons. The Morgan fingerprint density at radius 1 is 1.45 bits per heavy atom. The maximum Gasteiger partial charge on any atom is 0.305 e. The first kappa shape index (κ1) is 14.6. The Morgan fingerprint density at radius 3 is 2.90 bits per heavy atom. The first-order chi connectivity index (χ1) is 9.61. The van der Waals surface area contributed by atoms with Crippen LogP contribution in [-0.4, -0.2) is 30.7 Å². The van der Waals surface area contributed by atoms with Crippen molar-refractivity contribution in [3.05, 3.63) is 22.2 Å². The van der Waals surface area contributed by atoms with Crippen molar-refractivity contribution in [2.24, 2.45) is 0 Å². The molecule has 0 spiro atoms. The fourth-order valence-electron chi connectivity index (χ4n) is 1.98. The third-order valence-corrected chi connectivity index (χ3v) is 3.46. The fourth-order valence-corrected chi connectivity index (χ4v) is 2.56. The lowest BCUT2D eigenvalue weighted by molar-refractivity contribution is -0.137. The number of carbonyl (C=O) groups excluding carboxylic acids is 1. The number of aliphatic carboxylic acids is 1. The molecule has 0 radical (unpaired) electrons. The van der Waals surface area contributed by atoms with Crippen molar-refractivity contribution in [2.75, 3.05) is 13.2 Å². The van der Waals surface area contributed by atoms with Gasteiger partial charge in [-0.15, -0.1) is 0 Å². The Balaban J connectivity index is 2.35. The largest absolute Gasteiger partial charge is 0.490 e. The lowest BCUT2D eigenvalue weighted by atomic mass is 10.0. The van der Waals surface area contributed by atoms with Crippen LogP contribution in [0, 0.1) is 0 Å². The van der Waals surface area contributed by atoms with Crippen molar-refractivity contribution in [3.63, 3.8) is 0 Å². The van der Waals surface area contributed by atoms with E-state index in [0.717, 1.165) is 6.42 Å². The molecule has 2 rings (SSSR count). The number of carbonyl (C=O) groups is 2. The van der Waals surface area contributed by atoms with Gasteiger partial charge in [-0.05, 0) is 33.6 Å². The number of halogens is 1. The molecule has 0 fully saturated rings. The van der Waals surface area contributed by atoms with Gasteiger partial charge in [0.25, 0.3) is 0 Å². The van der Waals surface area contributed by atoms with E-state index in [-0.39, 0.29) is 6.42 Å². The summed E-state index contributed by atoms with van der Waals surface area (Å²) in [6.07, 6.45) is 1.07. The van der Waals surface area contributed by atoms with Crippen LogP contribution in [0.1, 0.15) is 24.4 Å². The Bertz CT molecular complexity index is 520. The SMILES string of the molecule is O=CN[C@H](CC(=O)O)c1cc(Br)c2c(c1)OCCCO2. The van der Waals surface area contributed by atoms with Crippen LogP contribution < -0.4 is 14.8 Å². The standard InChI is InChI=1S/C13H14BrNO5/c14-9-4-8(10(15-7-16)6-12(17)18)5-11-13(9)20-3-1-2-19-11/h4-5,7,10H,1-3,6H2,(H,15,16)(H,17,18)/t10-/m1/s1. The minimum atomic E-state index is -0.993. The van der Waals surface area contributed by atoms with Gasteiger partial charge in [-0.1, -0.05) is 0 Å². The van der Waals surface area contributed by atoms with Crippen molar-refractivity contribution in [1.29, 1.82) is 0 Å². The van der Waals surface area contributed by atoms with E-state index in [1.807, 2.05) is 0 Å². The van der Waals surface area contributed by atoms with Crippen LogP contribution >= 0.6 is 15.9 Å². The number of carboxylic acids is 1. The Hall–Kier alpha value is -1.76. The summed E-state index contributed by atoms with van der Waals surface area (Å²) in [6.45, 7) is 1.10. The molecular formula is C13H14BrNO5. The van der Waals surface area contributed by atoms with Gasteiger partial charge in [-0.2, -0.15) is 0 Å². The molecule has 7 heteroatoms. The predicted molar refractivity (Wildman–Crippen MR) is 73.9 cm³/mol. The van der Waals surface area contributed by atoms with E-state index >= 15 is 0 Å². The van der Waals surface area contributed by atoms with Gasteiger partial charge in [0.15, 0.2) is 11.5 Å². The molecule has 1 aliphatic rings. The van der Waals surface area contributed by atoms with E-state index in [9.17, 15) is 9.59 Å². The Morgan fingerprint density at radius 2 is 2.20 bits per heavy atom. The van der Waals surface area contributed by atoms with Crippen LogP contribution in [0.3, 0.4) is 0 Å². The zero-order valence-electron chi connectivity index (χ0n) is 10.6. The molecule has 1 aromatic carbocycles. The van der Waals surface area contributed by atoms with E-state index in [4.69, 9.17) is 14.6 Å². The minimum Gasteiger partial charge on any atom is -0.490 e. The van der Waals surface area contributed by atoms with Crippen molar-refractivity contribution in [2.45, 2.75) is 18.9 Å². The molecule has 1 amide bonds. The average Bonchev–Trinajstić information content (AvgIpc) is 2.63. The van der Waals surface area contributed by atoms with E-state index in [0.29, 0.717) is 41.2 Å². The molecule has 1 heterocycles. The number of benzene rings is 1. The first-order valence-electron chi connectivity index (χ1n) is 6.12. The highest BCUT2D eigenvalue weighted by Gasteiger charge is 2.21. The molecule has 2 N–H and O–H groups in total. The van der Waals surface area contributed by atoms with Crippen molar-refractivity contribution < 1.29 is 24.2 Å². The zero-order valence-corrected chi connectivity index (χ0v) is 12.2. The van der Waals surface area contributed by atoms with E-state index in [1.54, 1.807) is 12.1 Å². The fraction of sp³-hybridized carbons (Fsp3) is 0.385. The van der Waals surface area contributed by atoms with Gasteiger partial charge in [-0.25, -0.2) is 0 Å². The molecule has 0 saturated carbocycles. The van der Waals surface area contributed by atoms with Gasteiger partial charge < -0.3 is 19.9 Å². The number of nitrogens with one attached hydrogen (secondary N) is 1. The van der Waals surface area contributed by atoms with Crippen molar-refractivity contribution in [1.82, 2.24) is 5.32 Å². The summed E-state index contributed by atoms with van der Waals surface area (Å²) in [7, 11) is 0. The second-order valence-corrected chi connectivity index (χ2v) is 5.17. The molecule has 1 aliphatic heterocycles. The van der Waals surface area contributed by atoms with Gasteiger partial charge in [0, 0.05) is 6.42 Å². The summed E-state index contributed by atoms with van der Waals surface area (Å²) in [5.41, 5.74) is 0.649. The molecule has 1 atom stereocenters. The van der Waals surface area contributed by atoms with Crippen LogP contribution in [-0.2, 0) is 9.59 Å². The van der Waals surface area contributed by atoms with Crippen molar-refractivity contribution in [3.8, 4) is 11.5 Å². The number of rotatable bonds is 5. The van der Waals surface area contributed by atoms with Gasteiger partial charge >= 0.3 is 5.97 Å². The highest BCUT2D eigenvalue weighted by Crippen LogP contribution is 2.39. The number of fused-ring (bicyclic) bond motifs is 1. The van der Waals surface area contributed by atoms with Gasteiger partial charge in [0.05, 0.1) is 30.1 Å². The molecule has 0 aromatic heterocycles. The van der Waals surface area contributed by atoms with Crippen LogP contribution in [0.2, 0.25) is 0 Å². The van der Waals surface area contributed by atoms with Crippen LogP contribution in [0.5, 0.6) is 11.5 Å². The van der Waals surface area contributed by atoms with Gasteiger partial charge in [0.2, 0.25) is 6.41 Å². The maximum atomic E-state index is 10.9. The van der Waals surface area contributed by atoms with E-state index in [2.05, 4.69) is 21.2 Å². The summed E-state index contributed by atoms with van der Waals surface area (Å²) in [6, 6.07) is 2.83. The van der Waals surface area contributed by atoms with Gasteiger partial charge in [0.1, 0.15) is 0 Å². The number of hydrogen-bond acceptors (Lipinski definition) is 4. The number of ether oxygens (including phenoxy) is 2. The second kappa shape index (κ2) is 6.60. The number of hydrogen-bond donors (Lipinski definition) is 2. The predicted octanol–water partition coefficient (Wildman–Crippen LogP) is 1.87. The molecule has 0 saturated heterocycles. The molecule has 20 heavy (non-hydrogen) atoms. The third kappa shape index (κ3) is 3.41. The topological polar surface area (TPSA) is 84.9 Å². The number of carboxylic acid groups (broad SMARTS) is 1. The smallest absolute Gasteiger partial charge is 0.305 e. The van der Waals surface area contributed by atoms with E-state index < -0.39 is 12.0 Å². The highest BCUT2D eigenvalue weighted by atomic mass is 79.9. The normalized spacial score (nSPS) is 15.1. The van der Waals surface area contributed by atoms with Gasteiger partial charge in [-0.3, -0.25) is 9.59 Å². The summed E-state index contributed by atoms with van der Waals surface area (Å²) >= 11 is 3.38. The van der Waals surface area contributed by atoms with Crippen molar-refractivity contribution >= 4 is 28.3 Å². The minimum absolute atomic E-state index is 0.204. The van der Waals surface area contributed by atoms with Crippen LogP contribution in [0.15, 0.2) is 16.6 Å². The average molecular weight is 344 g/mol. The highest BCUT2D eigenvalue weighted by molar-refractivity contribution is 9.10. The second-order valence-electron chi connectivity index (χ2n) is 4.32. The third-order valence-electron chi connectivity index (χ3n) is 2.87. The maximum absolute atomic E-state index is 10.9. The molecule has 1 aromatic rings. The summed E-state index contributed by atoms with van der Waals surface area (Å²) in [5, 5.41) is 11.4. The molecule has 0 bridgehead atoms. The van der Waals surface area contributed by atoms with Crippen LogP contribution in [0.25, 0.3) is 0 Å².